The van der Waals surface area contributed by atoms with E-state index in [0.29, 0.717) is 24.2 Å². The molecule has 1 N–H and O–H groups in total. The van der Waals surface area contributed by atoms with Gasteiger partial charge in [-0.05, 0) is 44.4 Å². The molecule has 1 saturated heterocycles. The smallest absolute Gasteiger partial charge is 0.308 e. The Labute approximate surface area is 134 Å². The SMILES string of the molecule is Cc1ccc2cc(C(=O)N3CCC[C@H](C(=O)O)C3)c(C)nc2c1. The second kappa shape index (κ2) is 5.99. The molecule has 0 aliphatic carbocycles. The summed E-state index contributed by atoms with van der Waals surface area (Å²) in [6, 6.07) is 7.82. The van der Waals surface area contributed by atoms with E-state index in [1.54, 1.807) is 4.90 Å². The lowest BCUT2D eigenvalue weighted by molar-refractivity contribution is -0.143. The Balaban J connectivity index is 1.92. The van der Waals surface area contributed by atoms with E-state index in [-0.39, 0.29) is 12.5 Å². The Bertz CT molecular complexity index is 785. The number of nitrogens with zero attached hydrogens (tertiary/aromatic N) is 2. The van der Waals surface area contributed by atoms with Crippen molar-refractivity contribution in [2.45, 2.75) is 26.7 Å². The molecule has 0 radical (unpaired) electrons. The molecule has 0 bridgehead atoms. The number of carboxylic acids is 1. The predicted molar refractivity (Wildman–Crippen MR) is 87.5 cm³/mol. The van der Waals surface area contributed by atoms with Crippen LogP contribution < -0.4 is 0 Å². The van der Waals surface area contributed by atoms with E-state index in [1.807, 2.05) is 38.1 Å². The standard InChI is InChI=1S/C18H20N2O3/c1-11-5-6-13-9-15(12(2)19-16(13)8-11)17(21)20-7-3-4-14(10-20)18(22)23/h5-6,8-9,14H,3-4,7,10H2,1-2H3,(H,22,23)/t14-/m0/s1. The van der Waals surface area contributed by atoms with Crippen molar-refractivity contribution in [3.63, 3.8) is 0 Å². The highest BCUT2D eigenvalue weighted by atomic mass is 16.4. The van der Waals surface area contributed by atoms with E-state index in [0.717, 1.165) is 22.9 Å². The number of aromatic nitrogens is 1. The van der Waals surface area contributed by atoms with Crippen LogP contribution in [-0.4, -0.2) is 40.0 Å². The molecule has 1 aliphatic rings. The topological polar surface area (TPSA) is 70.5 Å². The van der Waals surface area contributed by atoms with Gasteiger partial charge in [0.25, 0.3) is 5.91 Å². The number of carbonyl (C=O) groups is 2. The second-order valence-corrected chi connectivity index (χ2v) is 6.25. The van der Waals surface area contributed by atoms with Crippen molar-refractivity contribution in [2.75, 3.05) is 13.1 Å². The lowest BCUT2D eigenvalue weighted by Gasteiger charge is -2.31. The lowest BCUT2D eigenvalue weighted by atomic mass is 9.97. The summed E-state index contributed by atoms with van der Waals surface area (Å²) >= 11 is 0. The number of pyridine rings is 1. The third-order valence-electron chi connectivity index (χ3n) is 4.45. The quantitative estimate of drug-likeness (QED) is 0.925. The number of likely N-dealkylation sites (tertiary alicyclic amines) is 1. The molecule has 3 rings (SSSR count). The van der Waals surface area contributed by atoms with Crippen molar-refractivity contribution < 1.29 is 14.7 Å². The molecule has 2 heterocycles. The molecule has 120 valence electrons. The summed E-state index contributed by atoms with van der Waals surface area (Å²) in [6.45, 7) is 4.72. The fourth-order valence-electron chi connectivity index (χ4n) is 3.12. The summed E-state index contributed by atoms with van der Waals surface area (Å²) in [5, 5.41) is 10.1. The number of benzene rings is 1. The van der Waals surface area contributed by atoms with Crippen molar-refractivity contribution in [3.8, 4) is 0 Å². The summed E-state index contributed by atoms with van der Waals surface area (Å²) < 4.78 is 0. The maximum Gasteiger partial charge on any atom is 0.308 e. The van der Waals surface area contributed by atoms with Gasteiger partial charge < -0.3 is 10.0 Å². The third-order valence-corrected chi connectivity index (χ3v) is 4.45. The van der Waals surface area contributed by atoms with Gasteiger partial charge in [0, 0.05) is 18.5 Å². The Hall–Kier alpha value is -2.43. The zero-order chi connectivity index (χ0) is 16.6. The van der Waals surface area contributed by atoms with Crippen LogP contribution in [-0.2, 0) is 4.79 Å². The predicted octanol–water partition coefficient (Wildman–Crippen LogP) is 2.79. The average molecular weight is 312 g/mol. The Morgan fingerprint density at radius 1 is 1.26 bits per heavy atom. The number of aliphatic carboxylic acids is 1. The van der Waals surface area contributed by atoms with Crippen LogP contribution in [0.2, 0.25) is 0 Å². The maximum atomic E-state index is 12.8. The first-order valence-corrected chi connectivity index (χ1v) is 7.86. The molecule has 1 amide bonds. The van der Waals surface area contributed by atoms with E-state index in [1.165, 1.54) is 0 Å². The average Bonchev–Trinajstić information content (AvgIpc) is 2.53. The highest BCUT2D eigenvalue weighted by Gasteiger charge is 2.29. The second-order valence-electron chi connectivity index (χ2n) is 6.25. The Morgan fingerprint density at radius 2 is 2.04 bits per heavy atom. The first-order chi connectivity index (χ1) is 11.0. The van der Waals surface area contributed by atoms with E-state index >= 15 is 0 Å². The highest BCUT2D eigenvalue weighted by Crippen LogP contribution is 2.22. The summed E-state index contributed by atoms with van der Waals surface area (Å²) in [5.74, 6) is -1.42. The minimum absolute atomic E-state index is 0.122. The first-order valence-electron chi connectivity index (χ1n) is 7.86. The zero-order valence-electron chi connectivity index (χ0n) is 13.4. The summed E-state index contributed by atoms with van der Waals surface area (Å²) in [7, 11) is 0. The van der Waals surface area contributed by atoms with Crippen LogP contribution in [0.5, 0.6) is 0 Å². The summed E-state index contributed by atoms with van der Waals surface area (Å²) in [4.78, 5) is 30.2. The van der Waals surface area contributed by atoms with Gasteiger partial charge in [-0.15, -0.1) is 0 Å². The molecule has 1 fully saturated rings. The molecular weight excluding hydrogens is 292 g/mol. The third kappa shape index (κ3) is 3.04. The monoisotopic (exact) mass is 312 g/mol. The van der Waals surface area contributed by atoms with Crippen LogP contribution in [0.15, 0.2) is 24.3 Å². The van der Waals surface area contributed by atoms with Crippen molar-refractivity contribution in [2.24, 2.45) is 5.92 Å². The molecular formula is C18H20N2O3. The minimum atomic E-state index is -0.827. The Kier molecular flexibility index (Phi) is 4.03. The molecule has 2 aromatic rings. The Morgan fingerprint density at radius 3 is 2.78 bits per heavy atom. The van der Waals surface area contributed by atoms with E-state index in [2.05, 4.69) is 4.98 Å². The van der Waals surface area contributed by atoms with Crippen LogP contribution in [0.4, 0.5) is 0 Å². The fraction of sp³-hybridized carbons (Fsp3) is 0.389. The van der Waals surface area contributed by atoms with Gasteiger partial charge in [-0.2, -0.15) is 0 Å². The molecule has 23 heavy (non-hydrogen) atoms. The summed E-state index contributed by atoms with van der Waals surface area (Å²) in [6.07, 6.45) is 1.36. The van der Waals surface area contributed by atoms with Gasteiger partial charge in [-0.1, -0.05) is 12.1 Å². The van der Waals surface area contributed by atoms with Gasteiger partial charge in [0.2, 0.25) is 0 Å². The number of rotatable bonds is 2. The number of carbonyl (C=O) groups excluding carboxylic acids is 1. The van der Waals surface area contributed by atoms with Crippen molar-refractivity contribution in [1.82, 2.24) is 9.88 Å². The molecule has 5 nitrogen and oxygen atoms in total. The summed E-state index contributed by atoms with van der Waals surface area (Å²) in [5.41, 5.74) is 3.25. The molecule has 0 spiro atoms. The lowest BCUT2D eigenvalue weighted by Crippen LogP contribution is -2.42. The van der Waals surface area contributed by atoms with Gasteiger partial charge in [0.1, 0.15) is 0 Å². The van der Waals surface area contributed by atoms with Crippen LogP contribution >= 0.6 is 0 Å². The largest absolute Gasteiger partial charge is 0.481 e. The first kappa shape index (κ1) is 15.5. The van der Waals surface area contributed by atoms with Gasteiger partial charge in [-0.3, -0.25) is 14.6 Å². The van der Waals surface area contributed by atoms with Gasteiger partial charge in [-0.25, -0.2) is 0 Å². The number of piperidine rings is 1. The number of amides is 1. The van der Waals surface area contributed by atoms with E-state index in [9.17, 15) is 14.7 Å². The number of hydrogen-bond acceptors (Lipinski definition) is 3. The molecule has 5 heteroatoms. The molecule has 1 aromatic heterocycles. The van der Waals surface area contributed by atoms with E-state index < -0.39 is 11.9 Å². The fourth-order valence-corrected chi connectivity index (χ4v) is 3.12. The van der Waals surface area contributed by atoms with Crippen LogP contribution in [0, 0.1) is 19.8 Å². The minimum Gasteiger partial charge on any atom is -0.481 e. The number of aryl methyl sites for hydroxylation is 2. The maximum absolute atomic E-state index is 12.8. The van der Waals surface area contributed by atoms with Crippen molar-refractivity contribution in [1.29, 1.82) is 0 Å². The van der Waals surface area contributed by atoms with Crippen molar-refractivity contribution >= 4 is 22.8 Å². The van der Waals surface area contributed by atoms with Crippen molar-refractivity contribution in [3.05, 3.63) is 41.1 Å². The van der Waals surface area contributed by atoms with E-state index in [4.69, 9.17) is 0 Å². The molecule has 0 unspecified atom stereocenters. The van der Waals surface area contributed by atoms with Gasteiger partial charge in [0.05, 0.1) is 22.7 Å². The molecule has 1 aliphatic heterocycles. The number of fused-ring (bicyclic) bond motifs is 1. The highest BCUT2D eigenvalue weighted by molar-refractivity contribution is 5.99. The van der Waals surface area contributed by atoms with Crippen LogP contribution in [0.25, 0.3) is 10.9 Å². The number of carboxylic acid groups (broad SMARTS) is 1. The van der Waals surface area contributed by atoms with Gasteiger partial charge in [0.15, 0.2) is 0 Å². The normalized spacial score (nSPS) is 18.2. The molecule has 1 aromatic carbocycles. The zero-order valence-corrected chi connectivity index (χ0v) is 13.4. The van der Waals surface area contributed by atoms with Gasteiger partial charge >= 0.3 is 5.97 Å². The molecule has 0 saturated carbocycles. The van der Waals surface area contributed by atoms with Crippen LogP contribution in [0.1, 0.15) is 34.5 Å². The molecule has 1 atom stereocenters. The van der Waals surface area contributed by atoms with Crippen LogP contribution in [0.3, 0.4) is 0 Å². The number of hydrogen-bond donors (Lipinski definition) is 1.